The maximum atomic E-state index is 12.8. The van der Waals surface area contributed by atoms with Crippen LogP contribution in [0.25, 0.3) is 28.3 Å². The zero-order valence-corrected chi connectivity index (χ0v) is 16.0. The van der Waals surface area contributed by atoms with E-state index in [-0.39, 0.29) is 18.1 Å². The molecule has 0 atom stereocenters. The summed E-state index contributed by atoms with van der Waals surface area (Å²) in [6.07, 6.45) is 0. The molecule has 0 saturated heterocycles. The van der Waals surface area contributed by atoms with Gasteiger partial charge in [-0.2, -0.15) is 14.6 Å². The zero-order chi connectivity index (χ0) is 20.5. The van der Waals surface area contributed by atoms with Gasteiger partial charge in [0, 0.05) is 11.1 Å². The smallest absolute Gasteiger partial charge is 0.367 e. The normalized spacial score (nSPS) is 11.1. The first-order valence-electron chi connectivity index (χ1n) is 9.20. The van der Waals surface area contributed by atoms with Crippen molar-refractivity contribution in [3.8, 4) is 28.4 Å². The lowest BCUT2D eigenvalue weighted by molar-refractivity contribution is 0.364. The van der Waals surface area contributed by atoms with Crippen LogP contribution in [0.4, 0.5) is 0 Å². The Bertz CT molecular complexity index is 1370. The Labute approximate surface area is 170 Å². The first-order chi connectivity index (χ1) is 14.7. The van der Waals surface area contributed by atoms with Gasteiger partial charge in [0.25, 0.3) is 0 Å². The van der Waals surface area contributed by atoms with Gasteiger partial charge in [-0.1, -0.05) is 35.5 Å². The highest BCUT2D eigenvalue weighted by Gasteiger charge is 2.14. The molecule has 5 aromatic rings. The largest absolute Gasteiger partial charge is 0.497 e. The Morgan fingerprint density at radius 2 is 1.73 bits per heavy atom. The van der Waals surface area contributed by atoms with Crippen LogP contribution < -0.4 is 10.4 Å². The second kappa shape index (κ2) is 7.28. The van der Waals surface area contributed by atoms with Crippen LogP contribution in [-0.2, 0) is 6.54 Å². The molecule has 9 heteroatoms. The van der Waals surface area contributed by atoms with Gasteiger partial charge in [-0.15, -0.1) is 5.10 Å². The van der Waals surface area contributed by atoms with Crippen LogP contribution in [0.15, 0.2) is 76.0 Å². The molecule has 0 bridgehead atoms. The molecule has 5 rings (SSSR count). The number of rotatable bonds is 5. The van der Waals surface area contributed by atoms with Crippen LogP contribution in [0.2, 0.25) is 0 Å². The minimum atomic E-state index is -0.382. The third kappa shape index (κ3) is 3.22. The van der Waals surface area contributed by atoms with Crippen molar-refractivity contribution in [3.63, 3.8) is 0 Å². The monoisotopic (exact) mass is 400 g/mol. The van der Waals surface area contributed by atoms with E-state index in [4.69, 9.17) is 9.26 Å². The molecule has 0 aliphatic heterocycles. The molecular weight excluding hydrogens is 384 g/mol. The zero-order valence-electron chi connectivity index (χ0n) is 16.0. The molecule has 0 fully saturated rings. The Hall–Kier alpha value is -4.27. The van der Waals surface area contributed by atoms with Crippen molar-refractivity contribution in [2.24, 2.45) is 0 Å². The van der Waals surface area contributed by atoms with E-state index in [2.05, 4.69) is 20.3 Å². The molecule has 0 N–H and O–H groups in total. The highest BCUT2D eigenvalue weighted by molar-refractivity contribution is 5.59. The van der Waals surface area contributed by atoms with Crippen LogP contribution in [0, 0.1) is 0 Å². The third-order valence-corrected chi connectivity index (χ3v) is 4.61. The lowest BCUT2D eigenvalue weighted by Crippen LogP contribution is -2.23. The van der Waals surface area contributed by atoms with Crippen LogP contribution in [0.1, 0.15) is 5.89 Å². The molecule has 0 unspecified atom stereocenters. The van der Waals surface area contributed by atoms with Crippen LogP contribution >= 0.6 is 0 Å². The van der Waals surface area contributed by atoms with E-state index in [1.807, 2.05) is 60.7 Å². The van der Waals surface area contributed by atoms with E-state index in [1.165, 1.54) is 9.20 Å². The second-order valence-electron chi connectivity index (χ2n) is 6.54. The summed E-state index contributed by atoms with van der Waals surface area (Å²) in [5.74, 6) is 1.43. The summed E-state index contributed by atoms with van der Waals surface area (Å²) in [5.41, 5.74) is 2.44. The fraction of sp³-hybridized carbons (Fsp3) is 0.0952. The van der Waals surface area contributed by atoms with Gasteiger partial charge in [-0.05, 0) is 36.4 Å². The first-order valence-corrected chi connectivity index (χ1v) is 9.20. The van der Waals surface area contributed by atoms with Crippen LogP contribution in [-0.4, -0.2) is 36.6 Å². The predicted molar refractivity (Wildman–Crippen MR) is 108 cm³/mol. The Morgan fingerprint density at radius 1 is 0.933 bits per heavy atom. The highest BCUT2D eigenvalue weighted by atomic mass is 16.5. The molecule has 3 heterocycles. The number of fused-ring (bicyclic) bond motifs is 1. The average Bonchev–Trinajstić information content (AvgIpc) is 3.39. The van der Waals surface area contributed by atoms with Crippen LogP contribution in [0.5, 0.6) is 5.75 Å². The van der Waals surface area contributed by atoms with E-state index in [1.54, 1.807) is 13.2 Å². The number of benzene rings is 2. The first kappa shape index (κ1) is 17.8. The summed E-state index contributed by atoms with van der Waals surface area (Å²) in [6.45, 7) is 0.0476. The standard InChI is InChI=1S/C21H16N6O3/c1-29-16-9-7-15(8-10-16)20-22-19(30-25-20)13-26-21(28)27-18(24-26)12-11-17(23-27)14-5-3-2-4-6-14/h2-12H,13H2,1H3. The molecule has 0 aliphatic rings. The summed E-state index contributed by atoms with van der Waals surface area (Å²) in [5, 5.41) is 12.7. The number of ether oxygens (including phenoxy) is 1. The lowest BCUT2D eigenvalue weighted by Gasteiger charge is -1.99. The number of aromatic nitrogens is 6. The van der Waals surface area contributed by atoms with E-state index in [0.717, 1.165) is 16.9 Å². The molecule has 0 aliphatic carbocycles. The van der Waals surface area contributed by atoms with E-state index in [0.29, 0.717) is 17.2 Å². The third-order valence-electron chi connectivity index (χ3n) is 4.61. The van der Waals surface area contributed by atoms with Gasteiger partial charge >= 0.3 is 5.69 Å². The van der Waals surface area contributed by atoms with Gasteiger partial charge in [0.1, 0.15) is 12.3 Å². The van der Waals surface area contributed by atoms with Gasteiger partial charge in [0.15, 0.2) is 5.65 Å². The topological polar surface area (TPSA) is 100 Å². The lowest BCUT2D eigenvalue weighted by atomic mass is 10.1. The summed E-state index contributed by atoms with van der Waals surface area (Å²) in [4.78, 5) is 17.1. The van der Waals surface area contributed by atoms with Gasteiger partial charge in [0.2, 0.25) is 11.7 Å². The quantitative estimate of drug-likeness (QED) is 0.447. The van der Waals surface area contributed by atoms with Gasteiger partial charge in [-0.25, -0.2) is 9.48 Å². The molecule has 0 radical (unpaired) electrons. The molecule has 9 nitrogen and oxygen atoms in total. The Balaban J connectivity index is 1.43. The Kier molecular flexibility index (Phi) is 4.32. The number of hydrogen-bond acceptors (Lipinski definition) is 7. The predicted octanol–water partition coefficient (Wildman–Crippen LogP) is 2.66. The number of hydrogen-bond donors (Lipinski definition) is 0. The van der Waals surface area contributed by atoms with Crippen LogP contribution in [0.3, 0.4) is 0 Å². The molecular formula is C21H16N6O3. The SMILES string of the molecule is COc1ccc(-c2noc(Cn3nc4ccc(-c5ccccc5)nn4c3=O)n2)cc1. The van der Waals surface area contributed by atoms with Crippen molar-refractivity contribution >= 4 is 5.65 Å². The molecule has 0 spiro atoms. The van der Waals surface area contributed by atoms with E-state index >= 15 is 0 Å². The van der Waals surface area contributed by atoms with E-state index < -0.39 is 0 Å². The molecule has 2 aromatic carbocycles. The molecule has 0 saturated carbocycles. The van der Waals surface area contributed by atoms with Crippen molar-refractivity contribution in [2.75, 3.05) is 7.11 Å². The number of methoxy groups -OCH3 is 1. The fourth-order valence-corrected chi connectivity index (χ4v) is 3.08. The number of nitrogens with zero attached hydrogens (tertiary/aromatic N) is 6. The minimum absolute atomic E-state index is 0.0476. The maximum absolute atomic E-state index is 12.8. The molecule has 30 heavy (non-hydrogen) atoms. The maximum Gasteiger partial charge on any atom is 0.367 e. The highest BCUT2D eigenvalue weighted by Crippen LogP contribution is 2.20. The average molecular weight is 400 g/mol. The summed E-state index contributed by atoms with van der Waals surface area (Å²) >= 11 is 0. The van der Waals surface area contributed by atoms with Gasteiger partial charge < -0.3 is 9.26 Å². The fourth-order valence-electron chi connectivity index (χ4n) is 3.08. The summed E-state index contributed by atoms with van der Waals surface area (Å²) in [7, 11) is 1.60. The van der Waals surface area contributed by atoms with Crippen molar-refractivity contribution in [2.45, 2.75) is 6.54 Å². The summed E-state index contributed by atoms with van der Waals surface area (Å²) < 4.78 is 13.0. The van der Waals surface area contributed by atoms with Crippen molar-refractivity contribution < 1.29 is 9.26 Å². The van der Waals surface area contributed by atoms with Crippen molar-refractivity contribution in [1.29, 1.82) is 0 Å². The Morgan fingerprint density at radius 3 is 2.50 bits per heavy atom. The van der Waals surface area contributed by atoms with Gasteiger partial charge in [-0.3, -0.25) is 0 Å². The molecule has 0 amide bonds. The minimum Gasteiger partial charge on any atom is -0.497 e. The van der Waals surface area contributed by atoms with Gasteiger partial charge in [0.05, 0.1) is 12.8 Å². The van der Waals surface area contributed by atoms with Crippen molar-refractivity contribution in [3.05, 3.63) is 83.1 Å². The summed E-state index contributed by atoms with van der Waals surface area (Å²) in [6, 6.07) is 20.5. The molecule has 148 valence electrons. The molecule has 3 aromatic heterocycles. The van der Waals surface area contributed by atoms with E-state index in [9.17, 15) is 4.79 Å². The second-order valence-corrected chi connectivity index (χ2v) is 6.54. The van der Waals surface area contributed by atoms with Crippen molar-refractivity contribution in [1.82, 2.24) is 29.5 Å².